The molecule has 0 unspecified atom stereocenters. The van der Waals surface area contributed by atoms with Gasteiger partial charge in [0.2, 0.25) is 0 Å². The molecule has 0 fully saturated rings. The summed E-state index contributed by atoms with van der Waals surface area (Å²) in [4.78, 5) is 22.9. The van der Waals surface area contributed by atoms with E-state index in [-0.39, 0.29) is 6.54 Å². The van der Waals surface area contributed by atoms with Gasteiger partial charge in [0.25, 0.3) is 0 Å². The molecule has 2 aromatic rings. The largest absolute Gasteiger partial charge is 0.465 e. The number of urea groups is 1. The van der Waals surface area contributed by atoms with Gasteiger partial charge >= 0.3 is 12.0 Å². The van der Waals surface area contributed by atoms with Gasteiger partial charge in [-0.05, 0) is 37.1 Å². The summed E-state index contributed by atoms with van der Waals surface area (Å²) in [5.74, 6) is -0.449. The number of esters is 1. The van der Waals surface area contributed by atoms with Gasteiger partial charge in [-0.3, -0.25) is 4.79 Å². The molecular weight excluding hydrogens is 306 g/mol. The summed E-state index contributed by atoms with van der Waals surface area (Å²) in [7, 11) is 0. The molecule has 0 saturated heterocycles. The highest BCUT2D eigenvalue weighted by Crippen LogP contribution is 2.11. The molecule has 24 heavy (non-hydrogen) atoms. The van der Waals surface area contributed by atoms with Crippen LogP contribution in [0.4, 0.5) is 4.79 Å². The van der Waals surface area contributed by atoms with Crippen LogP contribution in [0.25, 0.3) is 0 Å². The standard InChI is InChI=1S/C18H23N3O3/c1-3-24-17(22)12-20-18(23)19-11-16-9-6-10-21(16)13-15-8-5-4-7-14(15)2/h4-10H,3,11-13H2,1-2H3,(H2,19,20,23). The van der Waals surface area contributed by atoms with Crippen LogP contribution in [-0.2, 0) is 22.6 Å². The zero-order valence-corrected chi connectivity index (χ0v) is 14.0. The molecule has 2 amide bonds. The van der Waals surface area contributed by atoms with Gasteiger partial charge in [0.1, 0.15) is 6.54 Å². The number of nitrogens with one attached hydrogen (secondary N) is 2. The molecule has 2 rings (SSSR count). The predicted octanol–water partition coefficient (Wildman–Crippen LogP) is 2.21. The fourth-order valence-electron chi connectivity index (χ4n) is 2.33. The smallest absolute Gasteiger partial charge is 0.325 e. The van der Waals surface area contributed by atoms with Gasteiger partial charge < -0.3 is 19.9 Å². The van der Waals surface area contributed by atoms with E-state index in [1.807, 2.05) is 30.5 Å². The van der Waals surface area contributed by atoms with Crippen molar-refractivity contribution in [3.05, 3.63) is 59.4 Å². The Morgan fingerprint density at radius 3 is 2.67 bits per heavy atom. The Balaban J connectivity index is 1.86. The van der Waals surface area contributed by atoms with Crippen LogP contribution < -0.4 is 10.6 Å². The highest BCUT2D eigenvalue weighted by molar-refractivity contribution is 5.80. The Kier molecular flexibility index (Phi) is 6.42. The molecule has 0 bridgehead atoms. The molecule has 128 valence electrons. The van der Waals surface area contributed by atoms with E-state index in [4.69, 9.17) is 4.74 Å². The number of carbonyl (C=O) groups is 2. The summed E-state index contributed by atoms with van der Waals surface area (Å²) < 4.78 is 6.85. The maximum atomic E-state index is 11.7. The van der Waals surface area contributed by atoms with Crippen LogP contribution in [0.2, 0.25) is 0 Å². The van der Waals surface area contributed by atoms with E-state index >= 15 is 0 Å². The van der Waals surface area contributed by atoms with E-state index in [1.165, 1.54) is 11.1 Å². The van der Waals surface area contributed by atoms with Gasteiger partial charge in [-0.2, -0.15) is 0 Å². The molecule has 0 saturated carbocycles. The second kappa shape index (κ2) is 8.76. The molecule has 6 heteroatoms. The van der Waals surface area contributed by atoms with Crippen molar-refractivity contribution >= 4 is 12.0 Å². The number of rotatable bonds is 7. The third-order valence-corrected chi connectivity index (χ3v) is 3.65. The number of ether oxygens (including phenoxy) is 1. The van der Waals surface area contributed by atoms with Crippen molar-refractivity contribution < 1.29 is 14.3 Å². The van der Waals surface area contributed by atoms with E-state index in [0.29, 0.717) is 13.2 Å². The SMILES string of the molecule is CCOC(=O)CNC(=O)NCc1cccn1Cc1ccccc1C. The van der Waals surface area contributed by atoms with Crippen molar-refractivity contribution in [1.29, 1.82) is 0 Å². The predicted molar refractivity (Wildman–Crippen MR) is 91.6 cm³/mol. The summed E-state index contributed by atoms with van der Waals surface area (Å²) in [5.41, 5.74) is 3.46. The van der Waals surface area contributed by atoms with Crippen LogP contribution in [0.15, 0.2) is 42.6 Å². The summed E-state index contributed by atoms with van der Waals surface area (Å²) in [6.07, 6.45) is 1.99. The van der Waals surface area contributed by atoms with E-state index < -0.39 is 12.0 Å². The number of amides is 2. The van der Waals surface area contributed by atoms with Crippen LogP contribution in [0.5, 0.6) is 0 Å². The zero-order valence-electron chi connectivity index (χ0n) is 14.0. The van der Waals surface area contributed by atoms with E-state index in [9.17, 15) is 9.59 Å². The van der Waals surface area contributed by atoms with Crippen LogP contribution in [0.3, 0.4) is 0 Å². The lowest BCUT2D eigenvalue weighted by Gasteiger charge is -2.12. The van der Waals surface area contributed by atoms with Gasteiger partial charge in [-0.15, -0.1) is 0 Å². The lowest BCUT2D eigenvalue weighted by atomic mass is 10.1. The lowest BCUT2D eigenvalue weighted by Crippen LogP contribution is -2.38. The summed E-state index contributed by atoms with van der Waals surface area (Å²) in [6, 6.07) is 11.7. The Morgan fingerprint density at radius 2 is 1.92 bits per heavy atom. The minimum Gasteiger partial charge on any atom is -0.465 e. The Morgan fingerprint density at radius 1 is 1.12 bits per heavy atom. The summed E-state index contributed by atoms with van der Waals surface area (Å²) in [6.45, 7) is 5.10. The first-order valence-corrected chi connectivity index (χ1v) is 7.96. The van der Waals surface area contributed by atoms with Crippen molar-refractivity contribution in [3.8, 4) is 0 Å². The molecule has 6 nitrogen and oxygen atoms in total. The highest BCUT2D eigenvalue weighted by Gasteiger charge is 2.08. The molecule has 1 heterocycles. The van der Waals surface area contributed by atoms with E-state index in [2.05, 4.69) is 34.3 Å². The molecule has 0 radical (unpaired) electrons. The third-order valence-electron chi connectivity index (χ3n) is 3.65. The fourth-order valence-corrected chi connectivity index (χ4v) is 2.33. The normalized spacial score (nSPS) is 10.2. The average Bonchev–Trinajstić information content (AvgIpc) is 3.00. The van der Waals surface area contributed by atoms with Crippen LogP contribution in [0, 0.1) is 6.92 Å². The lowest BCUT2D eigenvalue weighted by molar-refractivity contribution is -0.141. The van der Waals surface area contributed by atoms with Crippen LogP contribution in [0.1, 0.15) is 23.7 Å². The van der Waals surface area contributed by atoms with Crippen molar-refractivity contribution in [2.75, 3.05) is 13.2 Å². The Hall–Kier alpha value is -2.76. The number of aryl methyl sites for hydroxylation is 1. The van der Waals surface area contributed by atoms with Gasteiger partial charge in [-0.25, -0.2) is 4.79 Å². The quantitative estimate of drug-likeness (QED) is 0.765. The first-order valence-electron chi connectivity index (χ1n) is 7.96. The molecule has 0 atom stereocenters. The minimum absolute atomic E-state index is 0.135. The number of hydrogen-bond donors (Lipinski definition) is 2. The second-order valence-corrected chi connectivity index (χ2v) is 5.40. The summed E-state index contributed by atoms with van der Waals surface area (Å²) >= 11 is 0. The second-order valence-electron chi connectivity index (χ2n) is 5.40. The Labute approximate surface area is 141 Å². The average molecular weight is 329 g/mol. The van der Waals surface area contributed by atoms with E-state index in [0.717, 1.165) is 12.2 Å². The first kappa shape index (κ1) is 17.6. The molecule has 0 aliphatic heterocycles. The first-order chi connectivity index (χ1) is 11.6. The molecule has 2 N–H and O–H groups in total. The van der Waals surface area contributed by atoms with Gasteiger partial charge in [0, 0.05) is 18.4 Å². The topological polar surface area (TPSA) is 72.4 Å². The van der Waals surface area contributed by atoms with E-state index in [1.54, 1.807) is 6.92 Å². The minimum atomic E-state index is -0.449. The summed E-state index contributed by atoms with van der Waals surface area (Å²) in [5, 5.41) is 5.22. The molecular formula is C18H23N3O3. The number of hydrogen-bond acceptors (Lipinski definition) is 3. The van der Waals surface area contributed by atoms with Crippen LogP contribution in [-0.4, -0.2) is 29.7 Å². The molecule has 0 spiro atoms. The fraction of sp³-hybridized carbons (Fsp3) is 0.333. The van der Waals surface area contributed by atoms with Crippen molar-refractivity contribution in [2.45, 2.75) is 26.9 Å². The third kappa shape index (κ3) is 5.15. The monoisotopic (exact) mass is 329 g/mol. The number of nitrogens with zero attached hydrogens (tertiary/aromatic N) is 1. The molecule has 1 aromatic carbocycles. The van der Waals surface area contributed by atoms with Gasteiger partial charge in [0.05, 0.1) is 13.2 Å². The molecule has 1 aromatic heterocycles. The van der Waals surface area contributed by atoms with Crippen molar-refractivity contribution in [1.82, 2.24) is 15.2 Å². The van der Waals surface area contributed by atoms with Gasteiger partial charge in [-0.1, -0.05) is 24.3 Å². The van der Waals surface area contributed by atoms with Gasteiger partial charge in [0.15, 0.2) is 0 Å². The maximum absolute atomic E-state index is 11.7. The van der Waals surface area contributed by atoms with Crippen molar-refractivity contribution in [2.24, 2.45) is 0 Å². The highest BCUT2D eigenvalue weighted by atomic mass is 16.5. The molecule has 0 aliphatic carbocycles. The number of carbonyl (C=O) groups excluding carboxylic acids is 2. The van der Waals surface area contributed by atoms with Crippen molar-refractivity contribution in [3.63, 3.8) is 0 Å². The zero-order chi connectivity index (χ0) is 17.4. The Bertz CT molecular complexity index is 694. The molecule has 0 aliphatic rings. The number of benzene rings is 1. The van der Waals surface area contributed by atoms with Crippen LogP contribution >= 0.6 is 0 Å². The maximum Gasteiger partial charge on any atom is 0.325 e. The number of aromatic nitrogens is 1.